The molecule has 1 atom stereocenters. The SMILES string of the molecule is CC1(C)c2ccccc2-c2cc(-c3c4ccccc4c(-c4ccc5c(c4)C4(CCc6ccccc64)c4ccccc4-5)c4ccc(-c5ccc6ccccc6c5)cc34)ccc21. The Balaban J connectivity index is 1.10. The molecule has 0 aromatic heterocycles. The van der Waals surface area contributed by atoms with Gasteiger partial charge in [0.05, 0.1) is 0 Å². The van der Waals surface area contributed by atoms with Gasteiger partial charge in [0.2, 0.25) is 0 Å². The van der Waals surface area contributed by atoms with Crippen LogP contribution in [0.25, 0.3) is 88.0 Å². The van der Waals surface area contributed by atoms with Gasteiger partial charge < -0.3 is 0 Å². The van der Waals surface area contributed by atoms with Crippen molar-refractivity contribution in [3.63, 3.8) is 0 Å². The maximum atomic E-state index is 2.57. The zero-order valence-corrected chi connectivity index (χ0v) is 33.9. The maximum absolute atomic E-state index is 2.57. The Morgan fingerprint density at radius 1 is 0.333 bits per heavy atom. The summed E-state index contributed by atoms with van der Waals surface area (Å²) in [5.41, 5.74) is 21.5. The van der Waals surface area contributed by atoms with Crippen LogP contribution in [0.3, 0.4) is 0 Å². The molecule has 3 aliphatic carbocycles. The Morgan fingerprint density at radius 2 is 0.883 bits per heavy atom. The van der Waals surface area contributed by atoms with E-state index in [0.717, 1.165) is 12.8 Å². The molecule has 0 saturated carbocycles. The van der Waals surface area contributed by atoms with Crippen molar-refractivity contribution >= 4 is 32.3 Å². The first-order valence-electron chi connectivity index (χ1n) is 21.5. The molecule has 0 heteroatoms. The van der Waals surface area contributed by atoms with Gasteiger partial charge in [0.1, 0.15) is 0 Å². The second-order valence-corrected chi connectivity index (χ2v) is 17.9. The van der Waals surface area contributed by atoms with Gasteiger partial charge in [0, 0.05) is 10.8 Å². The van der Waals surface area contributed by atoms with E-state index >= 15 is 0 Å². The average Bonchev–Trinajstić information content (AvgIpc) is 3.90. The maximum Gasteiger partial charge on any atom is 0.0469 e. The lowest BCUT2D eigenvalue weighted by Crippen LogP contribution is -2.23. The van der Waals surface area contributed by atoms with Gasteiger partial charge in [-0.15, -0.1) is 0 Å². The highest BCUT2D eigenvalue weighted by Gasteiger charge is 2.48. The van der Waals surface area contributed by atoms with Crippen LogP contribution in [0.4, 0.5) is 0 Å². The van der Waals surface area contributed by atoms with Crippen LogP contribution < -0.4 is 0 Å². The lowest BCUT2D eigenvalue weighted by molar-refractivity contribution is 0.626. The second-order valence-electron chi connectivity index (χ2n) is 17.9. The van der Waals surface area contributed by atoms with E-state index in [1.165, 1.54) is 121 Å². The molecule has 0 N–H and O–H groups in total. The fraction of sp³-hybridized carbons (Fsp3) is 0.100. The van der Waals surface area contributed by atoms with Crippen molar-refractivity contribution in [3.8, 4) is 55.6 Å². The Labute approximate surface area is 351 Å². The van der Waals surface area contributed by atoms with Crippen LogP contribution in [0.1, 0.15) is 53.6 Å². The Kier molecular flexibility index (Phi) is 6.93. The zero-order chi connectivity index (χ0) is 39.7. The van der Waals surface area contributed by atoms with E-state index in [2.05, 4.69) is 208 Å². The molecule has 0 heterocycles. The number of rotatable bonds is 3. The van der Waals surface area contributed by atoms with E-state index < -0.39 is 0 Å². The second kappa shape index (κ2) is 12.3. The number of benzene rings is 10. The van der Waals surface area contributed by atoms with Crippen molar-refractivity contribution in [2.24, 2.45) is 0 Å². The van der Waals surface area contributed by atoms with Crippen molar-refractivity contribution < 1.29 is 0 Å². The molecule has 3 aliphatic rings. The van der Waals surface area contributed by atoms with Gasteiger partial charge in [-0.05, 0) is 158 Å². The zero-order valence-electron chi connectivity index (χ0n) is 33.9. The van der Waals surface area contributed by atoms with Gasteiger partial charge in [-0.25, -0.2) is 0 Å². The minimum Gasteiger partial charge on any atom is -0.0620 e. The summed E-state index contributed by atoms with van der Waals surface area (Å²) in [4.78, 5) is 0. The molecule has 0 amide bonds. The van der Waals surface area contributed by atoms with E-state index in [0.29, 0.717) is 0 Å². The first-order valence-corrected chi connectivity index (χ1v) is 21.5. The third-order valence-corrected chi connectivity index (χ3v) is 14.7. The van der Waals surface area contributed by atoms with Gasteiger partial charge >= 0.3 is 0 Å². The third-order valence-electron chi connectivity index (χ3n) is 14.7. The molecule has 0 saturated heterocycles. The molecule has 0 aliphatic heterocycles. The molecule has 0 fully saturated rings. The first kappa shape index (κ1) is 33.9. The standard InChI is InChI=1S/C60H42/c1-59(2)53-21-11-8-17-45(53)50-35-42(27-30-54(50)59)58-48-19-7-6-18-47(48)57(49-29-25-41(34-51(49)58)40-24-23-37-13-3-4-15-39(37)33-40)43-26-28-46-44-16-9-12-22-55(44)60(56(46)36-43)32-31-38-14-5-10-20-52(38)60/h3-30,33-36H,31-32H2,1-2H3. The minimum atomic E-state index is -0.151. The summed E-state index contributed by atoms with van der Waals surface area (Å²) < 4.78 is 0. The summed E-state index contributed by atoms with van der Waals surface area (Å²) in [7, 11) is 0. The Hall–Kier alpha value is -7.02. The first-order chi connectivity index (χ1) is 29.5. The van der Waals surface area contributed by atoms with Crippen molar-refractivity contribution in [1.82, 2.24) is 0 Å². The molecule has 0 radical (unpaired) electrons. The fourth-order valence-corrected chi connectivity index (χ4v) is 11.9. The lowest BCUT2D eigenvalue weighted by atomic mass is 9.73. The van der Waals surface area contributed by atoms with Crippen LogP contribution in [-0.2, 0) is 17.3 Å². The third kappa shape index (κ3) is 4.51. The van der Waals surface area contributed by atoms with Crippen molar-refractivity contribution in [1.29, 1.82) is 0 Å². The molecule has 0 nitrogen and oxygen atoms in total. The smallest absolute Gasteiger partial charge is 0.0469 e. The Bertz CT molecular complexity index is 3470. The van der Waals surface area contributed by atoms with Crippen LogP contribution in [0.15, 0.2) is 194 Å². The van der Waals surface area contributed by atoms with Gasteiger partial charge in [0.15, 0.2) is 0 Å². The summed E-state index contributed by atoms with van der Waals surface area (Å²) in [6.07, 6.45) is 2.18. The minimum absolute atomic E-state index is 0.0495. The van der Waals surface area contributed by atoms with Crippen molar-refractivity contribution in [2.45, 2.75) is 37.5 Å². The summed E-state index contributed by atoms with van der Waals surface area (Å²) in [5.74, 6) is 0. The van der Waals surface area contributed by atoms with Crippen molar-refractivity contribution in [2.75, 3.05) is 0 Å². The lowest BCUT2D eigenvalue weighted by Gasteiger charge is -2.29. The summed E-state index contributed by atoms with van der Waals surface area (Å²) in [6.45, 7) is 4.74. The van der Waals surface area contributed by atoms with Gasteiger partial charge in [-0.2, -0.15) is 0 Å². The normalized spacial score (nSPS) is 16.6. The van der Waals surface area contributed by atoms with Gasteiger partial charge in [-0.1, -0.05) is 184 Å². The van der Waals surface area contributed by atoms with E-state index in [-0.39, 0.29) is 10.8 Å². The highest BCUT2D eigenvalue weighted by molar-refractivity contribution is 6.22. The van der Waals surface area contributed by atoms with Gasteiger partial charge in [-0.3, -0.25) is 0 Å². The van der Waals surface area contributed by atoms with Crippen LogP contribution in [0, 0.1) is 0 Å². The number of hydrogen-bond acceptors (Lipinski definition) is 0. The topological polar surface area (TPSA) is 0 Å². The van der Waals surface area contributed by atoms with E-state index in [1.54, 1.807) is 0 Å². The van der Waals surface area contributed by atoms with Crippen LogP contribution in [0.5, 0.6) is 0 Å². The molecular formula is C60H42. The van der Waals surface area contributed by atoms with Crippen molar-refractivity contribution in [3.05, 3.63) is 228 Å². The monoisotopic (exact) mass is 762 g/mol. The largest absolute Gasteiger partial charge is 0.0620 e. The molecule has 60 heavy (non-hydrogen) atoms. The molecule has 13 rings (SSSR count). The summed E-state index contributed by atoms with van der Waals surface area (Å²) in [6, 6.07) is 74.1. The van der Waals surface area contributed by atoms with Crippen LogP contribution in [0.2, 0.25) is 0 Å². The molecular weight excluding hydrogens is 721 g/mol. The Morgan fingerprint density at radius 3 is 1.72 bits per heavy atom. The molecule has 10 aromatic carbocycles. The molecule has 282 valence electrons. The number of fused-ring (bicyclic) bond motifs is 13. The van der Waals surface area contributed by atoms with Crippen LogP contribution >= 0.6 is 0 Å². The van der Waals surface area contributed by atoms with Crippen LogP contribution in [-0.4, -0.2) is 0 Å². The molecule has 1 unspecified atom stereocenters. The van der Waals surface area contributed by atoms with E-state index in [4.69, 9.17) is 0 Å². The molecule has 0 bridgehead atoms. The van der Waals surface area contributed by atoms with Gasteiger partial charge in [0.25, 0.3) is 0 Å². The highest BCUT2D eigenvalue weighted by Crippen LogP contribution is 2.59. The highest BCUT2D eigenvalue weighted by atomic mass is 14.5. The molecule has 10 aromatic rings. The number of hydrogen-bond donors (Lipinski definition) is 0. The number of aryl methyl sites for hydroxylation is 1. The molecule has 1 spiro atoms. The van der Waals surface area contributed by atoms with E-state index in [1.807, 2.05) is 0 Å². The predicted molar refractivity (Wildman–Crippen MR) is 253 cm³/mol. The summed E-state index contributed by atoms with van der Waals surface area (Å²) >= 11 is 0. The van der Waals surface area contributed by atoms with E-state index in [9.17, 15) is 0 Å². The summed E-state index contributed by atoms with van der Waals surface area (Å²) in [5, 5.41) is 7.66. The average molecular weight is 763 g/mol. The predicted octanol–water partition coefficient (Wildman–Crippen LogP) is 15.7. The fourth-order valence-electron chi connectivity index (χ4n) is 11.9. The quantitative estimate of drug-likeness (QED) is 0.157.